The molecule has 0 radical (unpaired) electrons. The molecule has 20 heavy (non-hydrogen) atoms. The monoisotopic (exact) mass is 358 g/mol. The lowest BCUT2D eigenvalue weighted by atomic mass is 10.1. The average Bonchev–Trinajstić information content (AvgIpc) is 2.98. The Bertz CT molecular complexity index is 853. The van der Waals surface area contributed by atoms with Crippen LogP contribution in [-0.2, 0) is 0 Å². The van der Waals surface area contributed by atoms with Gasteiger partial charge in [-0.15, -0.1) is 22.7 Å². The van der Waals surface area contributed by atoms with E-state index in [1.807, 2.05) is 22.7 Å². The minimum atomic E-state index is 1.23. The molecular weight excluding hydrogens is 348 g/mol. The fraction of sp³-hybridized carbons (Fsp3) is 0.0588. The molecule has 2 aromatic carbocycles. The lowest BCUT2D eigenvalue weighted by molar-refractivity contribution is 1.59. The molecule has 0 aliphatic heterocycles. The maximum atomic E-state index is 3.80. The molecule has 4 rings (SSSR count). The minimum Gasteiger partial charge on any atom is -0.134 e. The van der Waals surface area contributed by atoms with Gasteiger partial charge in [0, 0.05) is 24.1 Å². The summed E-state index contributed by atoms with van der Waals surface area (Å²) in [6.07, 6.45) is 0. The van der Waals surface area contributed by atoms with Gasteiger partial charge in [0.25, 0.3) is 0 Å². The maximum Gasteiger partial charge on any atom is 0.0600 e. The molecule has 0 saturated carbocycles. The molecule has 0 aliphatic rings. The summed E-state index contributed by atoms with van der Waals surface area (Å²) in [6.45, 7) is 2.23. The Hall–Kier alpha value is -1.16. The molecule has 0 fully saturated rings. The molecule has 2 aromatic heterocycles. The molecule has 0 nitrogen and oxygen atoms in total. The van der Waals surface area contributed by atoms with E-state index in [-0.39, 0.29) is 0 Å². The number of rotatable bonds is 1. The minimum absolute atomic E-state index is 1.23. The molecule has 0 aliphatic carbocycles. The number of hydrogen-bond donors (Lipinski definition) is 0. The third-order valence-corrected chi connectivity index (χ3v) is 7.28. The molecule has 0 spiro atoms. The van der Waals surface area contributed by atoms with Gasteiger partial charge in [-0.3, -0.25) is 0 Å². The smallest absolute Gasteiger partial charge is 0.0600 e. The second kappa shape index (κ2) is 4.69. The highest BCUT2D eigenvalue weighted by atomic mass is 79.9. The van der Waals surface area contributed by atoms with E-state index in [2.05, 4.69) is 71.4 Å². The second-order valence-electron chi connectivity index (χ2n) is 4.79. The van der Waals surface area contributed by atoms with E-state index in [0.29, 0.717) is 0 Å². The Morgan fingerprint density at radius 2 is 1.30 bits per heavy atom. The van der Waals surface area contributed by atoms with E-state index in [0.717, 1.165) is 0 Å². The van der Waals surface area contributed by atoms with Gasteiger partial charge < -0.3 is 0 Å². The first kappa shape index (κ1) is 12.6. The fourth-order valence-electron chi connectivity index (χ4n) is 2.55. The van der Waals surface area contributed by atoms with Crippen LogP contribution in [0.4, 0.5) is 0 Å². The Kier molecular flexibility index (Phi) is 2.95. The van der Waals surface area contributed by atoms with Crippen LogP contribution in [0.5, 0.6) is 0 Å². The molecule has 3 heteroatoms. The summed E-state index contributed by atoms with van der Waals surface area (Å²) in [5, 5.41) is 2.68. The molecule has 4 aromatic rings. The van der Waals surface area contributed by atoms with Gasteiger partial charge in [-0.05, 0) is 45.9 Å². The van der Waals surface area contributed by atoms with Gasteiger partial charge in [0.05, 0.1) is 4.88 Å². The van der Waals surface area contributed by atoms with E-state index in [9.17, 15) is 0 Å². The normalized spacial score (nSPS) is 11.5. The Morgan fingerprint density at radius 1 is 0.750 bits per heavy atom. The van der Waals surface area contributed by atoms with Gasteiger partial charge in [-0.2, -0.15) is 0 Å². The van der Waals surface area contributed by atoms with Gasteiger partial charge in [0.1, 0.15) is 0 Å². The van der Waals surface area contributed by atoms with Crippen molar-refractivity contribution in [3.63, 3.8) is 0 Å². The third kappa shape index (κ3) is 1.77. The van der Waals surface area contributed by atoms with Crippen molar-refractivity contribution in [3.05, 3.63) is 58.6 Å². The van der Waals surface area contributed by atoms with Crippen molar-refractivity contribution in [2.24, 2.45) is 0 Å². The van der Waals surface area contributed by atoms with Crippen LogP contribution in [0, 0.1) is 6.92 Å². The molecule has 98 valence electrons. The molecular formula is C17H11BrS2. The molecule has 0 saturated heterocycles. The summed E-state index contributed by atoms with van der Waals surface area (Å²) in [4.78, 5) is 2.74. The first-order valence-corrected chi connectivity index (χ1v) is 8.84. The van der Waals surface area contributed by atoms with Crippen LogP contribution in [0.2, 0.25) is 0 Å². The summed E-state index contributed by atoms with van der Waals surface area (Å²) in [7, 11) is 0. The van der Waals surface area contributed by atoms with Crippen molar-refractivity contribution < 1.29 is 0 Å². The van der Waals surface area contributed by atoms with E-state index < -0.39 is 0 Å². The van der Waals surface area contributed by atoms with Gasteiger partial charge in [0.15, 0.2) is 0 Å². The zero-order valence-corrected chi connectivity index (χ0v) is 14.0. The number of benzene rings is 2. The van der Waals surface area contributed by atoms with Crippen LogP contribution in [0.25, 0.3) is 29.9 Å². The van der Waals surface area contributed by atoms with E-state index in [4.69, 9.17) is 0 Å². The predicted octanol–water partition coefficient (Wildman–Crippen LogP) is 6.85. The second-order valence-corrected chi connectivity index (χ2v) is 7.69. The van der Waals surface area contributed by atoms with E-state index in [1.165, 1.54) is 40.0 Å². The topological polar surface area (TPSA) is 0 Å². The number of halogens is 1. The quantitative estimate of drug-likeness (QED) is 0.348. The van der Waals surface area contributed by atoms with Crippen LogP contribution in [0.3, 0.4) is 0 Å². The Labute approximate surface area is 133 Å². The number of hydrogen-bond acceptors (Lipinski definition) is 2. The first-order valence-electron chi connectivity index (χ1n) is 6.41. The molecule has 0 N–H and O–H groups in total. The molecule has 2 heterocycles. The van der Waals surface area contributed by atoms with Crippen molar-refractivity contribution in [2.75, 3.05) is 0 Å². The van der Waals surface area contributed by atoms with E-state index in [1.54, 1.807) is 0 Å². The van der Waals surface area contributed by atoms with E-state index >= 15 is 0 Å². The van der Waals surface area contributed by atoms with Gasteiger partial charge in [-0.25, -0.2) is 0 Å². The fourth-order valence-corrected chi connectivity index (χ4v) is 6.10. The standard InChI is InChI=1S/C17H11BrS2/c1-10-11-6-2-4-8-13(11)19-16(10)17-15(18)12-7-3-5-9-14(12)20-17/h2-9H,1H3. The summed E-state index contributed by atoms with van der Waals surface area (Å²) in [6, 6.07) is 17.2. The van der Waals surface area contributed by atoms with Gasteiger partial charge >= 0.3 is 0 Å². The molecule has 0 bridgehead atoms. The summed E-state index contributed by atoms with van der Waals surface area (Å²) in [5.41, 5.74) is 1.39. The van der Waals surface area contributed by atoms with Crippen LogP contribution < -0.4 is 0 Å². The van der Waals surface area contributed by atoms with Crippen LogP contribution in [0.15, 0.2) is 53.0 Å². The van der Waals surface area contributed by atoms with Crippen molar-refractivity contribution in [1.82, 2.24) is 0 Å². The largest absolute Gasteiger partial charge is 0.134 e. The Balaban J connectivity index is 2.06. The third-order valence-electron chi connectivity index (χ3n) is 3.58. The highest BCUT2D eigenvalue weighted by Gasteiger charge is 2.16. The SMILES string of the molecule is Cc1c(-c2sc3ccccc3c2Br)sc2ccccc12. The molecule has 0 atom stereocenters. The first-order chi connectivity index (χ1) is 9.75. The van der Waals surface area contributed by atoms with Gasteiger partial charge in [0.2, 0.25) is 0 Å². The average molecular weight is 359 g/mol. The number of aryl methyl sites for hydroxylation is 1. The van der Waals surface area contributed by atoms with Crippen LogP contribution >= 0.6 is 38.6 Å². The maximum absolute atomic E-state index is 3.80. The summed E-state index contributed by atoms with van der Waals surface area (Å²) in [5.74, 6) is 0. The predicted molar refractivity (Wildman–Crippen MR) is 95.1 cm³/mol. The zero-order chi connectivity index (χ0) is 13.7. The highest BCUT2D eigenvalue weighted by molar-refractivity contribution is 9.10. The van der Waals surface area contributed by atoms with Crippen molar-refractivity contribution >= 4 is 58.8 Å². The van der Waals surface area contributed by atoms with Crippen molar-refractivity contribution in [1.29, 1.82) is 0 Å². The Morgan fingerprint density at radius 3 is 1.95 bits per heavy atom. The number of fused-ring (bicyclic) bond motifs is 2. The number of thiophene rings is 2. The van der Waals surface area contributed by atoms with Crippen LogP contribution in [0.1, 0.15) is 5.56 Å². The zero-order valence-electron chi connectivity index (χ0n) is 10.8. The van der Waals surface area contributed by atoms with Crippen molar-refractivity contribution in [2.45, 2.75) is 6.92 Å². The highest BCUT2D eigenvalue weighted by Crippen LogP contribution is 2.47. The lowest BCUT2D eigenvalue weighted by Gasteiger charge is -1.97. The molecule has 0 amide bonds. The van der Waals surface area contributed by atoms with Crippen molar-refractivity contribution in [3.8, 4) is 9.75 Å². The summed E-state index contributed by atoms with van der Waals surface area (Å²) < 4.78 is 3.93. The summed E-state index contributed by atoms with van der Waals surface area (Å²) >= 11 is 7.55. The van der Waals surface area contributed by atoms with Crippen LogP contribution in [-0.4, -0.2) is 0 Å². The molecule has 0 unspecified atom stereocenters. The lowest BCUT2D eigenvalue weighted by Crippen LogP contribution is -1.72. The van der Waals surface area contributed by atoms with Gasteiger partial charge in [-0.1, -0.05) is 36.4 Å².